The van der Waals surface area contributed by atoms with E-state index in [1.165, 1.54) is 4.90 Å². The molecular formula is C31H25F6N3O3. The van der Waals surface area contributed by atoms with Crippen molar-refractivity contribution in [3.63, 3.8) is 0 Å². The first kappa shape index (κ1) is 30.9. The number of urea groups is 1. The van der Waals surface area contributed by atoms with Crippen molar-refractivity contribution in [1.82, 2.24) is 5.32 Å². The molecule has 4 rings (SSSR count). The molecule has 224 valence electrons. The maximum absolute atomic E-state index is 13.3. The molecule has 3 amide bonds. The fraction of sp³-hybridized carbons (Fsp3) is 0.161. The van der Waals surface area contributed by atoms with Crippen molar-refractivity contribution in [3.05, 3.63) is 119 Å². The molecule has 43 heavy (non-hydrogen) atoms. The Balaban J connectivity index is 1.52. The van der Waals surface area contributed by atoms with E-state index in [4.69, 9.17) is 4.74 Å². The highest BCUT2D eigenvalue weighted by Gasteiger charge is 2.37. The minimum Gasteiger partial charge on any atom is -0.457 e. The first-order valence-electron chi connectivity index (χ1n) is 12.9. The molecule has 0 saturated heterocycles. The van der Waals surface area contributed by atoms with Crippen LogP contribution in [-0.2, 0) is 12.4 Å². The third-order valence-electron chi connectivity index (χ3n) is 6.11. The van der Waals surface area contributed by atoms with Crippen molar-refractivity contribution >= 4 is 23.3 Å². The van der Waals surface area contributed by atoms with Crippen molar-refractivity contribution in [3.8, 4) is 11.5 Å². The molecule has 6 nitrogen and oxygen atoms in total. The van der Waals surface area contributed by atoms with Crippen molar-refractivity contribution in [2.75, 3.05) is 23.3 Å². The van der Waals surface area contributed by atoms with Crippen LogP contribution < -0.4 is 20.3 Å². The zero-order chi connectivity index (χ0) is 31.2. The van der Waals surface area contributed by atoms with Gasteiger partial charge in [-0.15, -0.1) is 0 Å². The van der Waals surface area contributed by atoms with Crippen LogP contribution >= 0.6 is 0 Å². The molecule has 0 aliphatic heterocycles. The Morgan fingerprint density at radius 3 is 1.93 bits per heavy atom. The molecule has 0 atom stereocenters. The van der Waals surface area contributed by atoms with Crippen LogP contribution in [0.25, 0.3) is 0 Å². The quantitative estimate of drug-likeness (QED) is 0.200. The van der Waals surface area contributed by atoms with E-state index in [1.54, 1.807) is 66.7 Å². The number of hydrogen-bond donors (Lipinski definition) is 2. The first-order valence-corrected chi connectivity index (χ1v) is 12.9. The zero-order valence-corrected chi connectivity index (χ0v) is 22.6. The Kier molecular flexibility index (Phi) is 9.27. The van der Waals surface area contributed by atoms with Crippen molar-refractivity contribution in [2.45, 2.75) is 19.3 Å². The van der Waals surface area contributed by atoms with E-state index < -0.39 is 41.0 Å². The summed E-state index contributed by atoms with van der Waals surface area (Å²) in [5.74, 6) is -0.0927. The maximum atomic E-state index is 13.3. The second-order valence-corrected chi connectivity index (χ2v) is 9.41. The van der Waals surface area contributed by atoms with Gasteiger partial charge in [-0.2, -0.15) is 26.3 Å². The van der Waals surface area contributed by atoms with Gasteiger partial charge in [0.2, 0.25) is 0 Å². The number of carbonyl (C=O) groups is 2. The monoisotopic (exact) mass is 601 g/mol. The van der Waals surface area contributed by atoms with Gasteiger partial charge in [0.25, 0.3) is 5.91 Å². The topological polar surface area (TPSA) is 70.7 Å². The second-order valence-electron chi connectivity index (χ2n) is 9.41. The Morgan fingerprint density at radius 1 is 0.744 bits per heavy atom. The van der Waals surface area contributed by atoms with Crippen LogP contribution in [0, 0.1) is 6.92 Å². The smallest absolute Gasteiger partial charge is 0.416 e. The number of anilines is 2. The normalized spacial score (nSPS) is 11.5. The molecule has 0 heterocycles. The van der Waals surface area contributed by atoms with Gasteiger partial charge < -0.3 is 15.4 Å². The first-order chi connectivity index (χ1) is 20.3. The summed E-state index contributed by atoms with van der Waals surface area (Å²) in [6.45, 7) is 1.37. The molecule has 12 heteroatoms. The molecular weight excluding hydrogens is 576 g/mol. The number of alkyl halides is 6. The number of aryl methyl sites for hydroxylation is 1. The Hall–Kier alpha value is -5.00. The van der Waals surface area contributed by atoms with Crippen LogP contribution in [0.3, 0.4) is 0 Å². The molecule has 0 unspecified atom stereocenters. The average Bonchev–Trinajstić information content (AvgIpc) is 2.95. The molecule has 2 N–H and O–H groups in total. The van der Waals surface area contributed by atoms with Gasteiger partial charge in [0.05, 0.1) is 11.1 Å². The van der Waals surface area contributed by atoms with Crippen LogP contribution in [0.5, 0.6) is 11.5 Å². The summed E-state index contributed by atoms with van der Waals surface area (Å²) in [6, 6.07) is 22.4. The lowest BCUT2D eigenvalue weighted by atomic mass is 10.0. The summed E-state index contributed by atoms with van der Waals surface area (Å²) < 4.78 is 85.2. The van der Waals surface area contributed by atoms with E-state index >= 15 is 0 Å². The molecule has 0 aliphatic rings. The Labute approximate surface area is 242 Å². The van der Waals surface area contributed by atoms with Crippen LogP contribution in [0.2, 0.25) is 0 Å². The molecule has 0 fully saturated rings. The third kappa shape index (κ3) is 8.51. The number of nitrogens with zero attached hydrogens (tertiary/aromatic N) is 1. The number of benzene rings is 4. The number of rotatable bonds is 8. The fourth-order valence-electron chi connectivity index (χ4n) is 4.05. The van der Waals surface area contributed by atoms with Gasteiger partial charge in [-0.25, -0.2) is 4.79 Å². The van der Waals surface area contributed by atoms with Gasteiger partial charge in [-0.05, 0) is 79.2 Å². The van der Waals surface area contributed by atoms with Crippen molar-refractivity contribution in [2.24, 2.45) is 0 Å². The fourth-order valence-corrected chi connectivity index (χ4v) is 4.05. The van der Waals surface area contributed by atoms with Gasteiger partial charge in [0.1, 0.15) is 11.5 Å². The van der Waals surface area contributed by atoms with E-state index in [0.29, 0.717) is 35.0 Å². The number of para-hydroxylation sites is 1. The van der Waals surface area contributed by atoms with Gasteiger partial charge in [0.15, 0.2) is 0 Å². The molecule has 0 bridgehead atoms. The van der Waals surface area contributed by atoms with E-state index in [0.717, 1.165) is 5.56 Å². The molecule has 0 aromatic heterocycles. The summed E-state index contributed by atoms with van der Waals surface area (Å²) in [7, 11) is 0. The molecule has 0 spiro atoms. The van der Waals surface area contributed by atoms with Crippen molar-refractivity contribution < 1.29 is 40.7 Å². The lowest BCUT2D eigenvalue weighted by molar-refractivity contribution is -0.143. The average molecular weight is 602 g/mol. The number of amides is 3. The summed E-state index contributed by atoms with van der Waals surface area (Å²) >= 11 is 0. The van der Waals surface area contributed by atoms with Gasteiger partial charge in [0, 0.05) is 30.0 Å². The highest BCUT2D eigenvalue weighted by molar-refractivity contribution is 6.02. The molecule has 4 aromatic carbocycles. The SMILES string of the molecule is Cc1cccc(NC(=O)N(CCNC(=O)c2cc(C(F)(F)F)cc(C(F)(F)F)c2)c2ccc(Oc3ccccc3)cc2)c1. The predicted molar refractivity (Wildman–Crippen MR) is 149 cm³/mol. The largest absolute Gasteiger partial charge is 0.457 e. The highest BCUT2D eigenvalue weighted by atomic mass is 19.4. The summed E-state index contributed by atoms with van der Waals surface area (Å²) in [5, 5.41) is 5.06. The summed E-state index contributed by atoms with van der Waals surface area (Å²) in [4.78, 5) is 27.2. The Morgan fingerprint density at radius 2 is 1.35 bits per heavy atom. The van der Waals surface area contributed by atoms with Crippen molar-refractivity contribution in [1.29, 1.82) is 0 Å². The molecule has 0 aliphatic carbocycles. The molecule has 0 radical (unpaired) electrons. The number of halogens is 6. The minimum atomic E-state index is -5.10. The van der Waals surface area contributed by atoms with Gasteiger partial charge in [-0.3, -0.25) is 9.69 Å². The second kappa shape index (κ2) is 12.9. The van der Waals surface area contributed by atoms with Crippen LogP contribution in [0.4, 0.5) is 42.5 Å². The van der Waals surface area contributed by atoms with Gasteiger partial charge >= 0.3 is 18.4 Å². The number of carbonyl (C=O) groups excluding carboxylic acids is 2. The number of ether oxygens (including phenoxy) is 1. The van der Waals surface area contributed by atoms with Crippen LogP contribution in [0.15, 0.2) is 97.1 Å². The number of nitrogens with one attached hydrogen (secondary N) is 2. The lowest BCUT2D eigenvalue weighted by Crippen LogP contribution is -2.41. The highest BCUT2D eigenvalue weighted by Crippen LogP contribution is 2.36. The van der Waals surface area contributed by atoms with E-state index in [-0.39, 0.29) is 19.2 Å². The predicted octanol–water partition coefficient (Wildman–Crippen LogP) is 8.29. The van der Waals surface area contributed by atoms with Gasteiger partial charge in [-0.1, -0.05) is 30.3 Å². The third-order valence-corrected chi connectivity index (χ3v) is 6.11. The van der Waals surface area contributed by atoms with Crippen LogP contribution in [0.1, 0.15) is 27.0 Å². The number of hydrogen-bond acceptors (Lipinski definition) is 3. The summed E-state index contributed by atoms with van der Waals surface area (Å²) in [6.07, 6.45) is -10.2. The lowest BCUT2D eigenvalue weighted by Gasteiger charge is -2.24. The van der Waals surface area contributed by atoms with E-state index in [2.05, 4.69) is 10.6 Å². The Bertz CT molecular complexity index is 1540. The van der Waals surface area contributed by atoms with E-state index in [1.807, 2.05) is 19.1 Å². The van der Waals surface area contributed by atoms with Crippen LogP contribution in [-0.4, -0.2) is 25.0 Å². The summed E-state index contributed by atoms with van der Waals surface area (Å²) in [5.41, 5.74) is -2.27. The standard InChI is InChI=1S/C31H25F6N3O3/c1-20-6-5-7-24(16-20)39-29(42)40(25-10-12-27(13-11-25)43-26-8-3-2-4-9-26)15-14-38-28(41)21-17-22(30(32,33)34)19-23(18-21)31(35,36)37/h2-13,16-19H,14-15H2,1H3,(H,38,41)(H,39,42). The van der Waals surface area contributed by atoms with E-state index in [9.17, 15) is 35.9 Å². The molecule has 4 aromatic rings. The zero-order valence-electron chi connectivity index (χ0n) is 22.6. The molecule has 0 saturated carbocycles. The maximum Gasteiger partial charge on any atom is 0.416 e. The minimum absolute atomic E-state index is 0.0562.